The minimum absolute atomic E-state index is 0.444. The minimum atomic E-state index is -0.486. The Morgan fingerprint density at radius 2 is 1.08 bits per heavy atom. The van der Waals surface area contributed by atoms with Crippen molar-refractivity contribution < 1.29 is 5.11 Å². The molecule has 0 radical (unpaired) electrons. The molecule has 1 heterocycles. The van der Waals surface area contributed by atoms with E-state index in [2.05, 4.69) is 77.7 Å². The summed E-state index contributed by atoms with van der Waals surface area (Å²) in [4.78, 5) is 2.26. The van der Waals surface area contributed by atoms with E-state index in [4.69, 9.17) is 0 Å². The first-order valence-electron chi connectivity index (χ1n) is 8.95. The zero-order chi connectivity index (χ0) is 17.1. The summed E-state index contributed by atoms with van der Waals surface area (Å²) in [5, 5.41) is 10.8. The first-order chi connectivity index (χ1) is 12.3. The molecule has 1 saturated heterocycles. The van der Waals surface area contributed by atoms with Crippen molar-refractivity contribution in [3.63, 3.8) is 0 Å². The Morgan fingerprint density at radius 1 is 0.680 bits per heavy atom. The Kier molecular flexibility index (Phi) is 4.39. The highest BCUT2D eigenvalue weighted by Crippen LogP contribution is 2.45. The van der Waals surface area contributed by atoms with Gasteiger partial charge in [-0.1, -0.05) is 91.0 Å². The van der Waals surface area contributed by atoms with E-state index in [1.807, 2.05) is 18.2 Å². The molecule has 0 aromatic heterocycles. The van der Waals surface area contributed by atoms with Crippen LogP contribution in [0, 0.1) is 0 Å². The van der Waals surface area contributed by atoms with Gasteiger partial charge < -0.3 is 5.11 Å². The largest absolute Gasteiger partial charge is 0.378 e. The van der Waals surface area contributed by atoms with Gasteiger partial charge in [0.15, 0.2) is 0 Å². The van der Waals surface area contributed by atoms with Crippen molar-refractivity contribution in [2.45, 2.75) is 24.6 Å². The summed E-state index contributed by atoms with van der Waals surface area (Å²) in [6.07, 6.45) is 1.38. The number of hydrogen-bond donors (Lipinski definition) is 1. The lowest BCUT2D eigenvalue weighted by Crippen LogP contribution is -2.50. The third-order valence-electron chi connectivity index (χ3n) is 5.23. The normalized spacial score (nSPS) is 18.4. The third kappa shape index (κ3) is 2.68. The van der Waals surface area contributed by atoms with Crippen molar-refractivity contribution in [3.8, 4) is 0 Å². The molecule has 3 aromatic carbocycles. The quantitative estimate of drug-likeness (QED) is 0.718. The average molecular weight is 329 g/mol. The first kappa shape index (κ1) is 16.1. The van der Waals surface area contributed by atoms with Gasteiger partial charge >= 0.3 is 0 Å². The topological polar surface area (TPSA) is 23.5 Å². The highest BCUT2D eigenvalue weighted by molar-refractivity contribution is 5.49. The van der Waals surface area contributed by atoms with Crippen LogP contribution in [0.4, 0.5) is 0 Å². The summed E-state index contributed by atoms with van der Waals surface area (Å²) in [5.74, 6) is 0. The highest BCUT2D eigenvalue weighted by atomic mass is 16.3. The van der Waals surface area contributed by atoms with Crippen LogP contribution in [0.2, 0.25) is 0 Å². The van der Waals surface area contributed by atoms with Crippen molar-refractivity contribution in [1.82, 2.24) is 4.90 Å². The molecule has 1 unspecified atom stereocenters. The summed E-state index contributed by atoms with van der Waals surface area (Å²) < 4.78 is 0. The zero-order valence-corrected chi connectivity index (χ0v) is 14.3. The van der Waals surface area contributed by atoms with Gasteiger partial charge in [-0.15, -0.1) is 0 Å². The predicted octanol–water partition coefficient (Wildman–Crippen LogP) is 4.39. The van der Waals surface area contributed by atoms with Crippen molar-refractivity contribution in [2.24, 2.45) is 0 Å². The Hall–Kier alpha value is -2.42. The fourth-order valence-corrected chi connectivity index (χ4v) is 4.18. The van der Waals surface area contributed by atoms with Crippen LogP contribution in [0.1, 0.15) is 29.5 Å². The van der Waals surface area contributed by atoms with E-state index in [1.54, 1.807) is 0 Å². The second-order valence-corrected chi connectivity index (χ2v) is 6.62. The lowest BCUT2D eigenvalue weighted by atomic mass is 9.75. The van der Waals surface area contributed by atoms with Gasteiger partial charge in [-0.25, -0.2) is 0 Å². The standard InChI is InChI=1S/C23H23NO/c25-22-17-10-18-24(22)23(19-11-4-1-5-12-19,20-13-6-2-7-14-20)21-15-8-3-9-16-21/h1-9,11-16,22,25H,10,17-18H2. The predicted molar refractivity (Wildman–Crippen MR) is 101 cm³/mol. The van der Waals surface area contributed by atoms with E-state index in [0.29, 0.717) is 0 Å². The molecule has 0 aliphatic carbocycles. The molecule has 0 amide bonds. The molecule has 1 fully saturated rings. The molecule has 2 heteroatoms. The summed E-state index contributed by atoms with van der Waals surface area (Å²) in [6.45, 7) is 0.875. The molecule has 0 bridgehead atoms. The molecule has 1 aliphatic heterocycles. The highest BCUT2D eigenvalue weighted by Gasteiger charge is 2.46. The SMILES string of the molecule is OC1CCCN1C(c1ccccc1)(c1ccccc1)c1ccccc1. The van der Waals surface area contributed by atoms with Crippen molar-refractivity contribution in [2.75, 3.05) is 6.54 Å². The fraction of sp³-hybridized carbons (Fsp3) is 0.217. The smallest absolute Gasteiger partial charge is 0.108 e. The van der Waals surface area contributed by atoms with Crippen molar-refractivity contribution in [3.05, 3.63) is 108 Å². The summed E-state index contributed by atoms with van der Waals surface area (Å²) in [5.41, 5.74) is 3.08. The van der Waals surface area contributed by atoms with Crippen molar-refractivity contribution in [1.29, 1.82) is 0 Å². The van der Waals surface area contributed by atoms with Gasteiger partial charge in [0.05, 0.1) is 5.54 Å². The molecule has 0 saturated carbocycles. The maximum Gasteiger partial charge on any atom is 0.108 e. The van der Waals surface area contributed by atoms with Gasteiger partial charge in [0.1, 0.15) is 6.23 Å². The summed E-state index contributed by atoms with van der Waals surface area (Å²) in [6, 6.07) is 31.7. The number of benzene rings is 3. The van der Waals surface area contributed by atoms with Gasteiger partial charge in [0.25, 0.3) is 0 Å². The molecule has 2 nitrogen and oxygen atoms in total. The Morgan fingerprint density at radius 3 is 1.40 bits per heavy atom. The van der Waals surface area contributed by atoms with Crippen LogP contribution < -0.4 is 0 Å². The van der Waals surface area contributed by atoms with Crippen LogP contribution in [-0.2, 0) is 5.54 Å². The summed E-state index contributed by atoms with van der Waals surface area (Å²) in [7, 11) is 0. The minimum Gasteiger partial charge on any atom is -0.378 e. The fourth-order valence-electron chi connectivity index (χ4n) is 4.18. The molecule has 126 valence electrons. The third-order valence-corrected chi connectivity index (χ3v) is 5.23. The van der Waals surface area contributed by atoms with Crippen LogP contribution in [-0.4, -0.2) is 22.8 Å². The van der Waals surface area contributed by atoms with Crippen LogP contribution in [0.5, 0.6) is 0 Å². The van der Waals surface area contributed by atoms with E-state index < -0.39 is 11.8 Å². The van der Waals surface area contributed by atoms with Crippen LogP contribution in [0.3, 0.4) is 0 Å². The molecular weight excluding hydrogens is 306 g/mol. The average Bonchev–Trinajstić information content (AvgIpc) is 3.12. The lowest BCUT2D eigenvalue weighted by molar-refractivity contribution is -0.0105. The number of rotatable bonds is 4. The Balaban J connectivity index is 2.05. The number of hydrogen-bond acceptors (Lipinski definition) is 2. The Labute approximate surface area is 149 Å². The van der Waals surface area contributed by atoms with Crippen LogP contribution in [0.25, 0.3) is 0 Å². The molecule has 1 atom stereocenters. The van der Waals surface area contributed by atoms with Gasteiger partial charge in [-0.2, -0.15) is 0 Å². The molecule has 1 aliphatic rings. The molecule has 0 spiro atoms. The van der Waals surface area contributed by atoms with Crippen LogP contribution >= 0.6 is 0 Å². The maximum absolute atomic E-state index is 10.8. The first-order valence-corrected chi connectivity index (χ1v) is 8.95. The molecule has 25 heavy (non-hydrogen) atoms. The van der Waals surface area contributed by atoms with Crippen molar-refractivity contribution >= 4 is 0 Å². The molecule has 4 rings (SSSR count). The number of aliphatic hydroxyl groups is 1. The van der Waals surface area contributed by atoms with E-state index in [-0.39, 0.29) is 0 Å². The molecular formula is C23H23NO. The lowest BCUT2D eigenvalue weighted by Gasteiger charge is -2.45. The monoisotopic (exact) mass is 329 g/mol. The Bertz CT molecular complexity index is 705. The molecule has 1 N–H and O–H groups in total. The van der Waals surface area contributed by atoms with E-state index in [9.17, 15) is 5.11 Å². The molecule has 3 aromatic rings. The maximum atomic E-state index is 10.8. The van der Waals surface area contributed by atoms with Gasteiger partial charge in [-0.3, -0.25) is 4.90 Å². The second kappa shape index (κ2) is 6.83. The van der Waals surface area contributed by atoms with Crippen LogP contribution in [0.15, 0.2) is 91.0 Å². The van der Waals surface area contributed by atoms with Gasteiger partial charge in [0, 0.05) is 6.54 Å². The van der Waals surface area contributed by atoms with E-state index >= 15 is 0 Å². The zero-order valence-electron chi connectivity index (χ0n) is 14.3. The summed E-state index contributed by atoms with van der Waals surface area (Å²) >= 11 is 0. The second-order valence-electron chi connectivity index (χ2n) is 6.62. The number of aliphatic hydroxyl groups excluding tert-OH is 1. The van der Waals surface area contributed by atoms with Gasteiger partial charge in [-0.05, 0) is 29.5 Å². The van der Waals surface area contributed by atoms with Gasteiger partial charge in [0.2, 0.25) is 0 Å². The number of nitrogens with zero attached hydrogens (tertiary/aromatic N) is 1. The van der Waals surface area contributed by atoms with E-state index in [0.717, 1.165) is 19.4 Å². The van der Waals surface area contributed by atoms with E-state index in [1.165, 1.54) is 16.7 Å². The number of likely N-dealkylation sites (tertiary alicyclic amines) is 1.